The Labute approximate surface area is 110 Å². The highest BCUT2D eigenvalue weighted by molar-refractivity contribution is 5.52. The van der Waals surface area contributed by atoms with Crippen LogP contribution in [0, 0.1) is 10.1 Å². The molecule has 0 amide bonds. The first-order valence-corrected chi connectivity index (χ1v) is 5.29. The standard InChI is InChI=1S/C10H8F3N5O2/c1-14-8-3-2-6(18(19)20)9(15-8)17-5-4-7(16-17)10(11,12)13/h2-5H,1H3,(H,14,15). The van der Waals surface area contributed by atoms with Crippen LogP contribution in [0.25, 0.3) is 5.82 Å². The maximum absolute atomic E-state index is 12.5. The zero-order valence-electron chi connectivity index (χ0n) is 10.0. The molecule has 0 aliphatic carbocycles. The van der Waals surface area contributed by atoms with E-state index in [9.17, 15) is 23.3 Å². The molecule has 0 saturated carbocycles. The van der Waals surface area contributed by atoms with E-state index < -0.39 is 22.5 Å². The second kappa shape index (κ2) is 4.79. The van der Waals surface area contributed by atoms with Gasteiger partial charge in [-0.25, -0.2) is 9.67 Å². The Kier molecular flexibility index (Phi) is 3.30. The molecule has 0 atom stereocenters. The third-order valence-corrected chi connectivity index (χ3v) is 2.40. The lowest BCUT2D eigenvalue weighted by Gasteiger charge is -2.05. The molecule has 2 heterocycles. The van der Waals surface area contributed by atoms with E-state index in [0.29, 0.717) is 0 Å². The summed E-state index contributed by atoms with van der Waals surface area (Å²) < 4.78 is 38.2. The lowest BCUT2D eigenvalue weighted by Crippen LogP contribution is -2.09. The minimum atomic E-state index is -4.62. The van der Waals surface area contributed by atoms with Gasteiger partial charge >= 0.3 is 11.9 Å². The molecule has 0 saturated heterocycles. The van der Waals surface area contributed by atoms with Crippen LogP contribution in [0.5, 0.6) is 0 Å². The van der Waals surface area contributed by atoms with Crippen LogP contribution in [0.4, 0.5) is 24.7 Å². The van der Waals surface area contributed by atoms with Crippen molar-refractivity contribution in [1.82, 2.24) is 14.8 Å². The zero-order valence-corrected chi connectivity index (χ0v) is 10.0. The van der Waals surface area contributed by atoms with Crippen LogP contribution in [0.1, 0.15) is 5.69 Å². The zero-order chi connectivity index (χ0) is 14.9. The van der Waals surface area contributed by atoms with E-state index in [1.165, 1.54) is 13.1 Å². The number of rotatable bonds is 3. The molecule has 1 N–H and O–H groups in total. The number of hydrogen-bond donors (Lipinski definition) is 1. The molecule has 7 nitrogen and oxygen atoms in total. The SMILES string of the molecule is CNc1ccc([N+](=O)[O-])c(-n2ccc(C(F)(F)F)n2)n1. The lowest BCUT2D eigenvalue weighted by molar-refractivity contribution is -0.384. The first kappa shape index (κ1) is 13.8. The second-order valence-corrected chi connectivity index (χ2v) is 3.69. The predicted octanol–water partition coefficient (Wildman–Crippen LogP) is 2.24. The summed E-state index contributed by atoms with van der Waals surface area (Å²) in [5, 5.41) is 16.8. The maximum Gasteiger partial charge on any atom is 0.435 e. The highest BCUT2D eigenvalue weighted by Crippen LogP contribution is 2.29. The Hall–Kier alpha value is -2.65. The normalized spacial score (nSPS) is 11.4. The van der Waals surface area contributed by atoms with Crippen LogP contribution in [-0.4, -0.2) is 26.7 Å². The van der Waals surface area contributed by atoms with Crippen molar-refractivity contribution in [3.63, 3.8) is 0 Å². The van der Waals surface area contributed by atoms with Crippen molar-refractivity contribution in [3.8, 4) is 5.82 Å². The van der Waals surface area contributed by atoms with Crippen LogP contribution in [0.2, 0.25) is 0 Å². The fraction of sp³-hybridized carbons (Fsp3) is 0.200. The van der Waals surface area contributed by atoms with Crippen LogP contribution in [0.3, 0.4) is 0 Å². The molecule has 0 radical (unpaired) electrons. The Morgan fingerprint density at radius 3 is 2.55 bits per heavy atom. The summed E-state index contributed by atoms with van der Waals surface area (Å²) in [5.74, 6) is -0.0213. The summed E-state index contributed by atoms with van der Waals surface area (Å²) in [6.07, 6.45) is -3.65. The van der Waals surface area contributed by atoms with Crippen molar-refractivity contribution in [2.45, 2.75) is 6.18 Å². The first-order valence-electron chi connectivity index (χ1n) is 5.29. The average Bonchev–Trinajstić information content (AvgIpc) is 2.87. The number of nitro groups is 1. The van der Waals surface area contributed by atoms with Gasteiger partial charge in [0.05, 0.1) is 4.92 Å². The number of pyridine rings is 1. The molecule has 2 aromatic heterocycles. The monoisotopic (exact) mass is 287 g/mol. The number of aromatic nitrogens is 3. The Morgan fingerprint density at radius 1 is 1.35 bits per heavy atom. The van der Waals surface area contributed by atoms with Gasteiger partial charge in [-0.1, -0.05) is 0 Å². The van der Waals surface area contributed by atoms with Gasteiger partial charge in [0, 0.05) is 19.3 Å². The molecule has 0 aromatic carbocycles. The fourth-order valence-electron chi connectivity index (χ4n) is 1.48. The molecule has 20 heavy (non-hydrogen) atoms. The number of nitrogens with one attached hydrogen (secondary N) is 1. The minimum Gasteiger partial charge on any atom is -0.373 e. The van der Waals surface area contributed by atoms with Gasteiger partial charge in [0.25, 0.3) is 0 Å². The number of halogens is 3. The van der Waals surface area contributed by atoms with Gasteiger partial charge in [0.2, 0.25) is 5.82 Å². The highest BCUT2D eigenvalue weighted by atomic mass is 19.4. The molecule has 10 heteroatoms. The third kappa shape index (κ3) is 2.53. The summed E-state index contributed by atoms with van der Waals surface area (Å²) in [5.41, 5.74) is -1.59. The van der Waals surface area contributed by atoms with Gasteiger partial charge in [-0.15, -0.1) is 0 Å². The van der Waals surface area contributed by atoms with Crippen LogP contribution in [-0.2, 0) is 6.18 Å². The van der Waals surface area contributed by atoms with Gasteiger partial charge in [-0.2, -0.15) is 18.3 Å². The van der Waals surface area contributed by atoms with Gasteiger partial charge in [0.15, 0.2) is 5.69 Å². The second-order valence-electron chi connectivity index (χ2n) is 3.69. The largest absolute Gasteiger partial charge is 0.435 e. The van der Waals surface area contributed by atoms with E-state index in [-0.39, 0.29) is 11.6 Å². The Bertz CT molecular complexity index is 653. The van der Waals surface area contributed by atoms with Crippen LogP contribution < -0.4 is 5.32 Å². The summed E-state index contributed by atoms with van der Waals surface area (Å²) in [6.45, 7) is 0. The van der Waals surface area contributed by atoms with E-state index in [0.717, 1.165) is 23.0 Å². The maximum atomic E-state index is 12.5. The van der Waals surface area contributed by atoms with Gasteiger partial charge in [-0.3, -0.25) is 10.1 Å². The van der Waals surface area contributed by atoms with Crippen molar-refractivity contribution in [1.29, 1.82) is 0 Å². The molecule has 0 fully saturated rings. The summed E-state index contributed by atoms with van der Waals surface area (Å²) in [7, 11) is 1.53. The smallest absolute Gasteiger partial charge is 0.373 e. The van der Waals surface area contributed by atoms with E-state index in [4.69, 9.17) is 0 Å². The molecular formula is C10H8F3N5O2. The van der Waals surface area contributed by atoms with Crippen molar-refractivity contribution < 1.29 is 18.1 Å². The molecule has 0 unspecified atom stereocenters. The molecular weight excluding hydrogens is 279 g/mol. The predicted molar refractivity (Wildman–Crippen MR) is 62.6 cm³/mol. The topological polar surface area (TPSA) is 85.9 Å². The number of anilines is 1. The Morgan fingerprint density at radius 2 is 2.05 bits per heavy atom. The number of hydrogen-bond acceptors (Lipinski definition) is 5. The van der Waals surface area contributed by atoms with Gasteiger partial charge in [0.1, 0.15) is 5.82 Å². The summed E-state index contributed by atoms with van der Waals surface area (Å²) in [6, 6.07) is 3.20. The van der Waals surface area contributed by atoms with Crippen molar-refractivity contribution in [3.05, 3.63) is 40.2 Å². The minimum absolute atomic E-state index is 0.273. The number of nitrogens with zero attached hydrogens (tertiary/aromatic N) is 4. The molecule has 0 aliphatic rings. The summed E-state index contributed by atoms with van der Waals surface area (Å²) in [4.78, 5) is 14.0. The molecule has 2 aromatic rings. The van der Waals surface area contributed by atoms with Gasteiger partial charge in [-0.05, 0) is 12.1 Å². The fourth-order valence-corrected chi connectivity index (χ4v) is 1.48. The average molecular weight is 287 g/mol. The van der Waals surface area contributed by atoms with E-state index in [1.807, 2.05) is 0 Å². The van der Waals surface area contributed by atoms with Crippen molar-refractivity contribution >= 4 is 11.5 Å². The van der Waals surface area contributed by atoms with Gasteiger partial charge < -0.3 is 5.32 Å². The molecule has 106 valence electrons. The highest BCUT2D eigenvalue weighted by Gasteiger charge is 2.34. The summed E-state index contributed by atoms with van der Waals surface area (Å²) >= 11 is 0. The molecule has 2 rings (SSSR count). The van der Waals surface area contributed by atoms with Crippen molar-refractivity contribution in [2.75, 3.05) is 12.4 Å². The van der Waals surface area contributed by atoms with E-state index >= 15 is 0 Å². The quantitative estimate of drug-likeness (QED) is 0.691. The van der Waals surface area contributed by atoms with Crippen LogP contribution in [0.15, 0.2) is 24.4 Å². The molecule has 0 bridgehead atoms. The Balaban J connectivity index is 2.55. The van der Waals surface area contributed by atoms with Crippen molar-refractivity contribution in [2.24, 2.45) is 0 Å². The molecule has 0 aliphatic heterocycles. The third-order valence-electron chi connectivity index (χ3n) is 2.40. The van der Waals surface area contributed by atoms with E-state index in [1.54, 1.807) is 0 Å². The number of alkyl halides is 3. The molecule has 0 spiro atoms. The first-order chi connectivity index (χ1) is 9.32. The van der Waals surface area contributed by atoms with Crippen LogP contribution >= 0.6 is 0 Å². The lowest BCUT2D eigenvalue weighted by atomic mass is 10.3. The van der Waals surface area contributed by atoms with E-state index in [2.05, 4.69) is 15.4 Å².